The number of halogens is 2. The van der Waals surface area contributed by atoms with Gasteiger partial charge >= 0.3 is 11.1 Å². The van der Waals surface area contributed by atoms with Gasteiger partial charge in [0.25, 0.3) is 0 Å². The van der Waals surface area contributed by atoms with E-state index < -0.39 is 5.97 Å². The summed E-state index contributed by atoms with van der Waals surface area (Å²) < 4.78 is 3.71. The summed E-state index contributed by atoms with van der Waals surface area (Å²) in [7, 11) is 0. The summed E-state index contributed by atoms with van der Waals surface area (Å²) in [4.78, 5) is 16.1. The molecule has 10 heteroatoms. The van der Waals surface area contributed by atoms with E-state index in [0.29, 0.717) is 16.1 Å². The van der Waals surface area contributed by atoms with Gasteiger partial charge in [-0.05, 0) is 65.9 Å². The second kappa shape index (κ2) is 10.0. The van der Waals surface area contributed by atoms with Crippen molar-refractivity contribution in [2.75, 3.05) is 0 Å². The van der Waals surface area contributed by atoms with Crippen molar-refractivity contribution in [3.8, 4) is 27.9 Å². The Hall–Kier alpha value is -4.01. The zero-order chi connectivity index (χ0) is 26.2. The first-order valence-electron chi connectivity index (χ1n) is 12.2. The van der Waals surface area contributed by atoms with Crippen molar-refractivity contribution in [1.82, 2.24) is 25.1 Å². The number of hydrogen-bond acceptors (Lipinski definition) is 4. The van der Waals surface area contributed by atoms with E-state index >= 15 is 0 Å². The van der Waals surface area contributed by atoms with E-state index in [-0.39, 0.29) is 11.6 Å². The fraction of sp³-hybridized carbons (Fsp3) is 0.179. The number of benzene rings is 2. The van der Waals surface area contributed by atoms with Crippen LogP contribution in [0.5, 0.6) is 0 Å². The van der Waals surface area contributed by atoms with Gasteiger partial charge in [0.2, 0.25) is 0 Å². The van der Waals surface area contributed by atoms with Gasteiger partial charge in [-0.25, -0.2) is 4.79 Å². The third-order valence-corrected chi connectivity index (χ3v) is 7.21. The molecule has 0 saturated heterocycles. The van der Waals surface area contributed by atoms with E-state index in [2.05, 4.69) is 15.4 Å². The lowest BCUT2D eigenvalue weighted by Crippen LogP contribution is -2.32. The fourth-order valence-corrected chi connectivity index (χ4v) is 4.90. The predicted octanol–water partition coefficient (Wildman–Crippen LogP) is 6.01. The third-order valence-electron chi connectivity index (χ3n) is 6.80. The van der Waals surface area contributed by atoms with Crippen molar-refractivity contribution in [2.24, 2.45) is 5.92 Å². The maximum absolute atomic E-state index is 11.2. The third kappa shape index (κ3) is 5.05. The maximum Gasteiger partial charge on any atom is 0.335 e. The molecule has 5 aromatic rings. The molecule has 2 N–H and O–H groups in total. The molecule has 1 aliphatic carbocycles. The van der Waals surface area contributed by atoms with Gasteiger partial charge in [-0.3, -0.25) is 9.67 Å². The first kappa shape index (κ1) is 24.3. The average molecular weight is 546 g/mol. The van der Waals surface area contributed by atoms with Crippen LogP contribution in [-0.2, 0) is 0 Å². The maximum atomic E-state index is 11.2. The van der Waals surface area contributed by atoms with Gasteiger partial charge in [-0.2, -0.15) is 5.10 Å². The highest BCUT2D eigenvalue weighted by molar-refractivity contribution is 6.31. The molecule has 1 aliphatic rings. The summed E-state index contributed by atoms with van der Waals surface area (Å²) in [5.41, 5.74) is 5.69. The van der Waals surface area contributed by atoms with E-state index in [4.69, 9.17) is 28.2 Å². The van der Waals surface area contributed by atoms with Crippen molar-refractivity contribution >= 4 is 29.2 Å². The van der Waals surface area contributed by atoms with Crippen LogP contribution in [0, 0.1) is 5.92 Å². The summed E-state index contributed by atoms with van der Waals surface area (Å²) >= 11 is 12.4. The Kier molecular flexibility index (Phi) is 6.43. The number of H-pyrrole nitrogens is 1. The smallest absolute Gasteiger partial charge is 0.335 e. The number of pyridine rings is 1. The minimum Gasteiger partial charge on any atom is -0.478 e. The van der Waals surface area contributed by atoms with Crippen molar-refractivity contribution < 1.29 is 14.6 Å². The molecule has 0 amide bonds. The van der Waals surface area contributed by atoms with E-state index in [1.54, 1.807) is 35.1 Å². The van der Waals surface area contributed by atoms with Crippen molar-refractivity contribution in [3.63, 3.8) is 0 Å². The van der Waals surface area contributed by atoms with Gasteiger partial charge in [0.15, 0.2) is 11.9 Å². The molecular weight excluding hydrogens is 523 g/mol. The van der Waals surface area contributed by atoms with Crippen molar-refractivity contribution in [1.29, 1.82) is 0 Å². The van der Waals surface area contributed by atoms with Crippen LogP contribution in [-0.4, -0.2) is 36.2 Å². The first-order valence-corrected chi connectivity index (χ1v) is 13.0. The topological polar surface area (TPSA) is 101 Å². The molecule has 2 aromatic carbocycles. The monoisotopic (exact) mass is 545 g/mol. The summed E-state index contributed by atoms with van der Waals surface area (Å²) in [6, 6.07) is 16.5. The van der Waals surface area contributed by atoms with Crippen LogP contribution in [0.3, 0.4) is 0 Å². The van der Waals surface area contributed by atoms with Gasteiger partial charge in [-0.1, -0.05) is 47.9 Å². The van der Waals surface area contributed by atoms with Gasteiger partial charge in [-0.15, -0.1) is 4.68 Å². The molecule has 0 bridgehead atoms. The van der Waals surface area contributed by atoms with Crippen LogP contribution >= 0.6 is 23.2 Å². The highest BCUT2D eigenvalue weighted by Gasteiger charge is 2.29. The van der Waals surface area contributed by atoms with Gasteiger partial charge in [0, 0.05) is 34.1 Å². The first-order chi connectivity index (χ1) is 18.4. The summed E-state index contributed by atoms with van der Waals surface area (Å²) in [5, 5.41) is 21.7. The Morgan fingerprint density at radius 3 is 2.50 bits per heavy atom. The molecule has 1 atom stereocenters. The minimum absolute atomic E-state index is 0.0109. The van der Waals surface area contributed by atoms with E-state index in [9.17, 15) is 9.90 Å². The molecule has 1 unspecified atom stereocenters. The molecule has 3 aromatic heterocycles. The van der Waals surface area contributed by atoms with Gasteiger partial charge in [0.1, 0.15) is 0 Å². The molecule has 38 heavy (non-hydrogen) atoms. The number of carboxylic acids is 1. The lowest BCUT2D eigenvalue weighted by Gasteiger charge is -2.17. The van der Waals surface area contributed by atoms with E-state index in [0.717, 1.165) is 40.1 Å². The summed E-state index contributed by atoms with van der Waals surface area (Å²) in [5.74, 6) is -0.284. The fourth-order valence-electron chi connectivity index (χ4n) is 4.60. The van der Waals surface area contributed by atoms with Gasteiger partial charge in [0.05, 0.1) is 28.6 Å². The molecule has 190 valence electrons. The number of carboxylic acid groups (broad SMARTS) is 1. The molecule has 8 nitrogen and oxygen atoms in total. The highest BCUT2D eigenvalue weighted by atomic mass is 35.5. The molecule has 6 rings (SSSR count). The number of nitrogens with one attached hydrogen (secondary N) is 1. The molecule has 1 saturated carbocycles. The van der Waals surface area contributed by atoms with Crippen LogP contribution in [0.15, 0.2) is 79.4 Å². The van der Waals surface area contributed by atoms with Crippen molar-refractivity contribution in [3.05, 3.63) is 101 Å². The second-order valence-corrected chi connectivity index (χ2v) is 10.3. The molecular formula is C28H23Cl2N6O2+. The number of rotatable bonds is 8. The van der Waals surface area contributed by atoms with Crippen LogP contribution in [0.1, 0.15) is 41.4 Å². The Morgan fingerprint density at radius 2 is 1.84 bits per heavy atom. The molecule has 1 fully saturated rings. The number of nitrogens with zero attached hydrogens (tertiary/aromatic N) is 5. The largest absolute Gasteiger partial charge is 0.478 e. The predicted molar refractivity (Wildman–Crippen MR) is 143 cm³/mol. The van der Waals surface area contributed by atoms with E-state index in [1.807, 2.05) is 53.6 Å². The highest BCUT2D eigenvalue weighted by Crippen LogP contribution is 2.39. The molecule has 0 aliphatic heterocycles. The number of aromatic nitrogens is 6. The Bertz CT molecular complexity index is 1610. The normalized spacial score (nSPS) is 13.9. The van der Waals surface area contributed by atoms with Gasteiger partial charge < -0.3 is 5.11 Å². The number of hydrogen-bond donors (Lipinski definition) is 2. The Labute approximate surface area is 228 Å². The number of carbonyl (C=O) groups is 1. The molecule has 0 radical (unpaired) electrons. The standard InChI is InChI=1S/C28H22Cl2N6O2/c29-22-8-10-25(36-16-27(30)33-34-36)23(12-22)20-7-9-24(31-13-20)26(11-17-1-2-17)35-15-21(14-32-35)18-3-5-19(6-4-18)28(37)38/h3-10,12-17,26H,1-2,11H2,(H,37,38)/p+1. The van der Waals surface area contributed by atoms with Crippen LogP contribution < -0.4 is 4.68 Å². The summed E-state index contributed by atoms with van der Waals surface area (Å²) in [6.45, 7) is 0. The molecule has 0 spiro atoms. The second-order valence-electron chi connectivity index (χ2n) is 9.45. The van der Waals surface area contributed by atoms with Crippen LogP contribution in [0.25, 0.3) is 27.9 Å². The number of aromatic carboxylic acids is 1. The summed E-state index contributed by atoms with van der Waals surface area (Å²) in [6.07, 6.45) is 10.8. The number of aromatic amines is 1. The SMILES string of the molecule is O=C(O)c1ccc(-c2cnn(C(CC3CC3)c3ccc(-c4cc(Cl)ccc4-[n+]4cc(Cl)n[nH]4)cn3)c2)cc1. The molecule has 3 heterocycles. The minimum atomic E-state index is -0.942. The zero-order valence-corrected chi connectivity index (χ0v) is 21.6. The van der Waals surface area contributed by atoms with Crippen LogP contribution in [0.4, 0.5) is 0 Å². The Balaban J connectivity index is 1.31. The lowest BCUT2D eigenvalue weighted by atomic mass is 10.0. The zero-order valence-electron chi connectivity index (χ0n) is 20.1. The lowest BCUT2D eigenvalue weighted by molar-refractivity contribution is -0.658. The van der Waals surface area contributed by atoms with Crippen molar-refractivity contribution in [2.45, 2.75) is 25.3 Å². The Morgan fingerprint density at radius 1 is 1.05 bits per heavy atom. The quantitative estimate of drug-likeness (QED) is 0.232. The van der Waals surface area contributed by atoms with Crippen LogP contribution in [0.2, 0.25) is 10.2 Å². The average Bonchev–Trinajstić information content (AvgIpc) is 3.43. The van der Waals surface area contributed by atoms with E-state index in [1.165, 1.54) is 12.8 Å².